The Morgan fingerprint density at radius 3 is 2.30 bits per heavy atom. The molecule has 0 unspecified atom stereocenters. The van der Waals surface area contributed by atoms with Crippen LogP contribution in [-0.4, -0.2) is 48.3 Å². The molecule has 0 aromatic heterocycles. The van der Waals surface area contributed by atoms with Crippen molar-refractivity contribution in [3.05, 3.63) is 35.9 Å². The van der Waals surface area contributed by atoms with Crippen molar-refractivity contribution in [1.82, 2.24) is 14.1 Å². The fourth-order valence-electron chi connectivity index (χ4n) is 1.62. The first-order valence-electron chi connectivity index (χ1n) is 5.98. The summed E-state index contributed by atoms with van der Waals surface area (Å²) >= 11 is 0. The Labute approximate surface area is 118 Å². The summed E-state index contributed by atoms with van der Waals surface area (Å²) in [6, 6.07) is 7.88. The molecule has 1 atom stereocenters. The summed E-state index contributed by atoms with van der Waals surface area (Å²) in [4.78, 5) is 11.5. The Morgan fingerprint density at radius 1 is 1.30 bits per heavy atom. The molecule has 7 nitrogen and oxygen atoms in total. The van der Waals surface area contributed by atoms with Crippen molar-refractivity contribution in [3.63, 3.8) is 0 Å². The van der Waals surface area contributed by atoms with E-state index in [1.807, 2.05) is 6.07 Å². The number of hydrogen-bond donors (Lipinski definition) is 2. The lowest BCUT2D eigenvalue weighted by atomic mass is 10.2. The van der Waals surface area contributed by atoms with Gasteiger partial charge in [0.1, 0.15) is 6.04 Å². The number of hydrogen-bond acceptors (Lipinski definition) is 4. The van der Waals surface area contributed by atoms with E-state index < -0.39 is 22.2 Å². The van der Waals surface area contributed by atoms with Gasteiger partial charge in [-0.05, 0) is 12.5 Å². The van der Waals surface area contributed by atoms with Gasteiger partial charge in [-0.15, -0.1) is 0 Å². The fourth-order valence-corrected chi connectivity index (χ4v) is 2.84. The lowest BCUT2D eigenvalue weighted by molar-refractivity contribution is -0.132. The molecule has 0 saturated carbocycles. The van der Waals surface area contributed by atoms with Crippen molar-refractivity contribution in [3.8, 4) is 0 Å². The Bertz CT molecular complexity index is 545. The molecule has 0 heterocycles. The SMILES string of the molecule is C[C@@H](C(=O)NO)N(Cc1ccccc1)S(=O)(=O)N(C)C. The molecule has 0 spiro atoms. The summed E-state index contributed by atoms with van der Waals surface area (Å²) in [7, 11) is -1.03. The van der Waals surface area contributed by atoms with Gasteiger partial charge in [0.2, 0.25) is 0 Å². The first-order valence-corrected chi connectivity index (χ1v) is 7.37. The van der Waals surface area contributed by atoms with Crippen molar-refractivity contribution in [1.29, 1.82) is 0 Å². The van der Waals surface area contributed by atoms with E-state index in [2.05, 4.69) is 0 Å². The van der Waals surface area contributed by atoms with Crippen LogP contribution in [0.2, 0.25) is 0 Å². The normalized spacial score (nSPS) is 13.5. The number of benzene rings is 1. The summed E-state index contributed by atoms with van der Waals surface area (Å²) in [6.45, 7) is 1.45. The van der Waals surface area contributed by atoms with Crippen molar-refractivity contribution < 1.29 is 18.4 Å². The van der Waals surface area contributed by atoms with Crippen LogP contribution in [-0.2, 0) is 21.5 Å². The molecule has 0 radical (unpaired) electrons. The highest BCUT2D eigenvalue weighted by molar-refractivity contribution is 7.86. The third-order valence-electron chi connectivity index (χ3n) is 2.86. The third-order valence-corrected chi connectivity index (χ3v) is 4.82. The van der Waals surface area contributed by atoms with E-state index in [4.69, 9.17) is 5.21 Å². The molecule has 112 valence electrons. The summed E-state index contributed by atoms with van der Waals surface area (Å²) in [5, 5.41) is 8.69. The summed E-state index contributed by atoms with van der Waals surface area (Å²) in [5.41, 5.74) is 2.22. The highest BCUT2D eigenvalue weighted by Crippen LogP contribution is 2.15. The Kier molecular flexibility index (Phi) is 5.63. The van der Waals surface area contributed by atoms with E-state index in [0.717, 1.165) is 14.2 Å². The van der Waals surface area contributed by atoms with E-state index in [0.29, 0.717) is 0 Å². The van der Waals surface area contributed by atoms with Crippen molar-refractivity contribution in [2.75, 3.05) is 14.1 Å². The summed E-state index contributed by atoms with van der Waals surface area (Å²) in [5.74, 6) is -0.786. The molecule has 0 aliphatic rings. The highest BCUT2D eigenvalue weighted by Gasteiger charge is 2.33. The number of amides is 1. The summed E-state index contributed by atoms with van der Waals surface area (Å²) < 4.78 is 26.6. The molecule has 20 heavy (non-hydrogen) atoms. The molecule has 0 aliphatic heterocycles. The van der Waals surface area contributed by atoms with Gasteiger partial charge in [0.15, 0.2) is 0 Å². The van der Waals surface area contributed by atoms with Gasteiger partial charge in [0, 0.05) is 20.6 Å². The second-order valence-electron chi connectivity index (χ2n) is 4.47. The zero-order valence-electron chi connectivity index (χ0n) is 11.6. The molecular weight excluding hydrogens is 282 g/mol. The maximum Gasteiger partial charge on any atom is 0.282 e. The zero-order chi connectivity index (χ0) is 15.3. The van der Waals surface area contributed by atoms with E-state index >= 15 is 0 Å². The molecular formula is C12H19N3O4S. The minimum Gasteiger partial charge on any atom is -0.289 e. The molecule has 2 N–H and O–H groups in total. The molecule has 0 fully saturated rings. The quantitative estimate of drug-likeness (QED) is 0.580. The third kappa shape index (κ3) is 3.76. The van der Waals surface area contributed by atoms with Crippen molar-refractivity contribution >= 4 is 16.1 Å². The fraction of sp³-hybridized carbons (Fsp3) is 0.417. The number of hydroxylamine groups is 1. The number of nitrogens with zero attached hydrogens (tertiary/aromatic N) is 2. The van der Waals surface area contributed by atoms with Crippen LogP contribution in [0.15, 0.2) is 30.3 Å². The minimum atomic E-state index is -3.80. The van der Waals surface area contributed by atoms with Gasteiger partial charge in [-0.25, -0.2) is 5.48 Å². The van der Waals surface area contributed by atoms with E-state index in [1.54, 1.807) is 24.3 Å². The molecule has 8 heteroatoms. The van der Waals surface area contributed by atoms with Crippen molar-refractivity contribution in [2.45, 2.75) is 19.5 Å². The largest absolute Gasteiger partial charge is 0.289 e. The molecule has 0 aliphatic carbocycles. The van der Waals surface area contributed by atoms with Crippen LogP contribution in [0.4, 0.5) is 0 Å². The minimum absolute atomic E-state index is 0.0376. The van der Waals surface area contributed by atoms with Crippen LogP contribution in [0.1, 0.15) is 12.5 Å². The van der Waals surface area contributed by atoms with E-state index in [1.165, 1.54) is 26.5 Å². The van der Waals surface area contributed by atoms with Crippen LogP contribution in [0, 0.1) is 0 Å². The number of rotatable bonds is 6. The second kappa shape index (κ2) is 6.80. The van der Waals surface area contributed by atoms with E-state index in [9.17, 15) is 13.2 Å². The van der Waals surface area contributed by atoms with Gasteiger partial charge in [0.25, 0.3) is 16.1 Å². The van der Waals surface area contributed by atoms with Crippen LogP contribution < -0.4 is 5.48 Å². The Morgan fingerprint density at radius 2 is 1.85 bits per heavy atom. The predicted octanol–water partition coefficient (Wildman–Crippen LogP) is 0.189. The molecule has 0 bridgehead atoms. The van der Waals surface area contributed by atoms with Gasteiger partial charge in [0.05, 0.1) is 0 Å². The highest BCUT2D eigenvalue weighted by atomic mass is 32.2. The number of carbonyl (C=O) groups excluding carboxylic acids is 1. The van der Waals surface area contributed by atoms with Crippen LogP contribution >= 0.6 is 0 Å². The molecule has 1 amide bonds. The van der Waals surface area contributed by atoms with Gasteiger partial charge < -0.3 is 0 Å². The maximum atomic E-state index is 12.3. The van der Waals surface area contributed by atoms with Gasteiger partial charge in [-0.2, -0.15) is 17.0 Å². The zero-order valence-corrected chi connectivity index (χ0v) is 12.5. The smallest absolute Gasteiger partial charge is 0.282 e. The Balaban J connectivity index is 3.12. The topological polar surface area (TPSA) is 90.0 Å². The molecule has 1 rings (SSSR count). The first kappa shape index (κ1) is 16.6. The van der Waals surface area contributed by atoms with Crippen LogP contribution in [0.3, 0.4) is 0 Å². The second-order valence-corrected chi connectivity index (χ2v) is 6.57. The van der Waals surface area contributed by atoms with Gasteiger partial charge >= 0.3 is 0 Å². The number of nitrogens with one attached hydrogen (secondary N) is 1. The average Bonchev–Trinajstić information content (AvgIpc) is 2.43. The Hall–Kier alpha value is -1.48. The lowest BCUT2D eigenvalue weighted by Crippen LogP contribution is -2.50. The lowest BCUT2D eigenvalue weighted by Gasteiger charge is -2.29. The van der Waals surface area contributed by atoms with Gasteiger partial charge in [-0.3, -0.25) is 10.0 Å². The predicted molar refractivity (Wildman–Crippen MR) is 74.0 cm³/mol. The molecule has 1 aromatic carbocycles. The van der Waals surface area contributed by atoms with Crippen molar-refractivity contribution in [2.24, 2.45) is 0 Å². The van der Waals surface area contributed by atoms with E-state index in [-0.39, 0.29) is 6.54 Å². The van der Waals surface area contributed by atoms with Crippen LogP contribution in [0.5, 0.6) is 0 Å². The number of carbonyl (C=O) groups is 1. The standard InChI is InChI=1S/C12H19N3O4S/c1-10(12(16)13-17)15(20(18,19)14(2)3)9-11-7-5-4-6-8-11/h4-8,10,17H,9H2,1-3H3,(H,13,16)/t10-/m0/s1. The maximum absolute atomic E-state index is 12.3. The first-order chi connectivity index (χ1) is 9.30. The van der Waals surface area contributed by atoms with Crippen LogP contribution in [0.25, 0.3) is 0 Å². The molecule has 0 saturated heterocycles. The average molecular weight is 301 g/mol. The summed E-state index contributed by atoms with van der Waals surface area (Å²) in [6.07, 6.45) is 0. The van der Waals surface area contributed by atoms with Gasteiger partial charge in [-0.1, -0.05) is 30.3 Å². The molecule has 1 aromatic rings. The monoisotopic (exact) mass is 301 g/mol.